The van der Waals surface area contributed by atoms with Gasteiger partial charge in [-0.15, -0.1) is 0 Å². The maximum absolute atomic E-state index is 12.5. The number of phosphoric ester groups is 1. The van der Waals surface area contributed by atoms with Crippen LogP contribution in [-0.4, -0.2) is 49.3 Å². The SMILES string of the molecule is CC/C=C\C/C=C\C/C=C\C/C=C\CCCCC(=O)O[C@H](COC(=O)CCC/C=C\C/C=C\C/C=C\C/C=C\CCCCC)COP(=O)(O)OCCN. The Kier molecular flexibility index (Phi) is 36.4. The van der Waals surface area contributed by atoms with E-state index in [-0.39, 0.29) is 32.6 Å². The molecule has 0 aromatic carbocycles. The summed E-state index contributed by atoms with van der Waals surface area (Å²) in [4.78, 5) is 34.7. The van der Waals surface area contributed by atoms with Gasteiger partial charge in [0.2, 0.25) is 0 Å². The summed E-state index contributed by atoms with van der Waals surface area (Å²) in [7, 11) is -4.40. The van der Waals surface area contributed by atoms with E-state index in [2.05, 4.69) is 105 Å². The third-order valence-corrected chi connectivity index (χ3v) is 8.44. The first-order valence-corrected chi connectivity index (χ1v) is 21.2. The number of carbonyl (C=O) groups excluding carboxylic acids is 2. The van der Waals surface area contributed by atoms with Crippen LogP contribution in [-0.2, 0) is 32.7 Å². The zero-order valence-corrected chi connectivity index (χ0v) is 33.6. The van der Waals surface area contributed by atoms with Crippen molar-refractivity contribution in [2.45, 2.75) is 136 Å². The Morgan fingerprint density at radius 1 is 0.585 bits per heavy atom. The Balaban J connectivity index is 4.40. The van der Waals surface area contributed by atoms with Crippen LogP contribution in [0.2, 0.25) is 0 Å². The van der Waals surface area contributed by atoms with Gasteiger partial charge in [0.15, 0.2) is 6.10 Å². The summed E-state index contributed by atoms with van der Waals surface area (Å²) in [5.41, 5.74) is 5.33. The van der Waals surface area contributed by atoms with Gasteiger partial charge in [-0.2, -0.15) is 0 Å². The fourth-order valence-electron chi connectivity index (χ4n) is 4.56. The minimum absolute atomic E-state index is 0.0336. The van der Waals surface area contributed by atoms with E-state index in [0.717, 1.165) is 64.2 Å². The van der Waals surface area contributed by atoms with Gasteiger partial charge in [0.05, 0.1) is 13.2 Å². The number of carbonyl (C=O) groups is 2. The molecule has 53 heavy (non-hydrogen) atoms. The second kappa shape index (κ2) is 38.6. The quantitative estimate of drug-likeness (QED) is 0.0280. The highest BCUT2D eigenvalue weighted by Gasteiger charge is 2.25. The summed E-state index contributed by atoms with van der Waals surface area (Å²) >= 11 is 0. The molecule has 0 aromatic rings. The summed E-state index contributed by atoms with van der Waals surface area (Å²) in [6.45, 7) is 3.44. The number of esters is 2. The van der Waals surface area contributed by atoms with Crippen molar-refractivity contribution in [1.29, 1.82) is 0 Å². The van der Waals surface area contributed by atoms with Crippen molar-refractivity contribution < 1.29 is 37.6 Å². The van der Waals surface area contributed by atoms with Crippen LogP contribution in [0.25, 0.3) is 0 Å². The largest absolute Gasteiger partial charge is 0.472 e. The Bertz CT molecular complexity index is 1180. The van der Waals surface area contributed by atoms with Crippen molar-refractivity contribution in [1.82, 2.24) is 0 Å². The maximum Gasteiger partial charge on any atom is 0.472 e. The zero-order valence-electron chi connectivity index (χ0n) is 32.7. The molecule has 0 heterocycles. The number of hydrogen-bond donors (Lipinski definition) is 2. The van der Waals surface area contributed by atoms with E-state index in [9.17, 15) is 19.0 Å². The molecule has 300 valence electrons. The molecule has 9 nitrogen and oxygen atoms in total. The van der Waals surface area contributed by atoms with Gasteiger partial charge >= 0.3 is 19.8 Å². The van der Waals surface area contributed by atoms with Crippen LogP contribution in [0, 0.1) is 0 Å². The number of hydrogen-bond acceptors (Lipinski definition) is 8. The van der Waals surface area contributed by atoms with E-state index in [4.69, 9.17) is 24.3 Å². The standard InChI is InChI=1S/C43H70NO8P/c1-3-5-7-9-11-13-15-17-19-20-22-23-25-27-29-31-33-35-42(45)49-39-41(40-51-53(47,48)50-38-37-44)52-43(46)36-34-32-30-28-26-24-21-18-16-14-12-10-8-6-4-2/h6,8,11-14,17-19,21-23,26-29,41H,3-5,7,9-10,15-16,20,24-25,30-40,44H2,1-2H3,(H,47,48)/b8-6-,13-11-,14-12-,19-17-,21-18-,23-22-,28-26-,29-27-/t41-/m1/s1. The molecule has 0 fully saturated rings. The van der Waals surface area contributed by atoms with Crippen LogP contribution in [0.15, 0.2) is 97.2 Å². The smallest absolute Gasteiger partial charge is 0.462 e. The first-order chi connectivity index (χ1) is 25.8. The Hall–Kier alpha value is -3.07. The number of unbranched alkanes of at least 4 members (excludes halogenated alkanes) is 6. The molecule has 0 aliphatic carbocycles. The van der Waals surface area contributed by atoms with Gasteiger partial charge in [0, 0.05) is 19.4 Å². The van der Waals surface area contributed by atoms with Crippen molar-refractivity contribution in [3.8, 4) is 0 Å². The molecule has 3 N–H and O–H groups in total. The van der Waals surface area contributed by atoms with Crippen LogP contribution >= 0.6 is 7.82 Å². The summed E-state index contributed by atoms with van der Waals surface area (Å²) in [6.07, 6.45) is 48.8. The van der Waals surface area contributed by atoms with Crippen molar-refractivity contribution in [3.63, 3.8) is 0 Å². The molecule has 0 radical (unpaired) electrons. The van der Waals surface area contributed by atoms with E-state index in [1.165, 1.54) is 25.7 Å². The van der Waals surface area contributed by atoms with Crippen LogP contribution < -0.4 is 5.73 Å². The third-order valence-electron chi connectivity index (χ3n) is 7.45. The molecule has 0 rings (SSSR count). The lowest BCUT2D eigenvalue weighted by Gasteiger charge is -2.19. The van der Waals surface area contributed by atoms with E-state index < -0.39 is 32.5 Å². The molecule has 0 aromatic heterocycles. The molecule has 0 bridgehead atoms. The summed E-state index contributed by atoms with van der Waals surface area (Å²) in [5.74, 6) is -0.956. The Morgan fingerprint density at radius 3 is 1.53 bits per heavy atom. The maximum atomic E-state index is 12.5. The number of phosphoric acid groups is 1. The van der Waals surface area contributed by atoms with Crippen molar-refractivity contribution >= 4 is 19.8 Å². The van der Waals surface area contributed by atoms with Crippen molar-refractivity contribution in [2.24, 2.45) is 5.73 Å². The molecule has 0 aliphatic heterocycles. The van der Waals surface area contributed by atoms with Gasteiger partial charge in [-0.1, -0.05) is 124 Å². The van der Waals surface area contributed by atoms with Crippen LogP contribution in [0.3, 0.4) is 0 Å². The molecule has 0 aliphatic rings. The molecule has 0 amide bonds. The first kappa shape index (κ1) is 49.9. The molecule has 2 atom stereocenters. The minimum Gasteiger partial charge on any atom is -0.462 e. The second-order valence-corrected chi connectivity index (χ2v) is 13.9. The lowest BCUT2D eigenvalue weighted by molar-refractivity contribution is -0.161. The van der Waals surface area contributed by atoms with Gasteiger partial charge in [-0.3, -0.25) is 18.6 Å². The van der Waals surface area contributed by atoms with E-state index >= 15 is 0 Å². The third kappa shape index (κ3) is 38.5. The number of ether oxygens (including phenoxy) is 2. The normalized spacial score (nSPS) is 14.4. The van der Waals surface area contributed by atoms with Crippen LogP contribution in [0.5, 0.6) is 0 Å². The van der Waals surface area contributed by atoms with Gasteiger partial charge < -0.3 is 20.1 Å². The number of nitrogens with two attached hydrogens (primary N) is 1. The number of allylic oxidation sites excluding steroid dienone is 16. The zero-order chi connectivity index (χ0) is 38.9. The first-order valence-electron chi connectivity index (χ1n) is 19.7. The van der Waals surface area contributed by atoms with E-state index in [1.54, 1.807) is 0 Å². The van der Waals surface area contributed by atoms with Crippen LogP contribution in [0.4, 0.5) is 0 Å². The lowest BCUT2D eigenvalue weighted by atomic mass is 10.2. The van der Waals surface area contributed by atoms with Gasteiger partial charge in [0.1, 0.15) is 6.61 Å². The molecule has 0 spiro atoms. The molecule has 10 heteroatoms. The summed E-state index contributed by atoms with van der Waals surface area (Å²) in [6, 6.07) is 0. The van der Waals surface area contributed by atoms with Gasteiger partial charge in [-0.05, 0) is 89.9 Å². The molecular weight excluding hydrogens is 689 g/mol. The summed E-state index contributed by atoms with van der Waals surface area (Å²) < 4.78 is 32.6. The Morgan fingerprint density at radius 2 is 1.04 bits per heavy atom. The predicted molar refractivity (Wildman–Crippen MR) is 219 cm³/mol. The van der Waals surface area contributed by atoms with E-state index in [0.29, 0.717) is 12.8 Å². The van der Waals surface area contributed by atoms with Crippen molar-refractivity contribution in [2.75, 3.05) is 26.4 Å². The second-order valence-electron chi connectivity index (χ2n) is 12.4. The number of rotatable bonds is 35. The highest BCUT2D eigenvalue weighted by atomic mass is 31.2. The molecule has 0 saturated carbocycles. The summed E-state index contributed by atoms with van der Waals surface area (Å²) in [5, 5.41) is 0. The molecule has 0 saturated heterocycles. The van der Waals surface area contributed by atoms with Crippen LogP contribution in [0.1, 0.15) is 129 Å². The Labute approximate surface area is 321 Å². The lowest BCUT2D eigenvalue weighted by Crippen LogP contribution is -2.29. The average molecular weight is 760 g/mol. The van der Waals surface area contributed by atoms with E-state index in [1.807, 2.05) is 6.08 Å². The highest BCUT2D eigenvalue weighted by molar-refractivity contribution is 7.47. The molecular formula is C43H70NO8P. The van der Waals surface area contributed by atoms with Crippen molar-refractivity contribution in [3.05, 3.63) is 97.2 Å². The fourth-order valence-corrected chi connectivity index (χ4v) is 5.32. The average Bonchev–Trinajstić information content (AvgIpc) is 3.14. The fraction of sp³-hybridized carbons (Fsp3) is 0.581. The van der Waals surface area contributed by atoms with Gasteiger partial charge in [-0.25, -0.2) is 4.57 Å². The predicted octanol–water partition coefficient (Wildman–Crippen LogP) is 11.0. The highest BCUT2D eigenvalue weighted by Crippen LogP contribution is 2.43. The molecule has 1 unspecified atom stereocenters. The minimum atomic E-state index is -4.40. The van der Waals surface area contributed by atoms with Gasteiger partial charge in [0.25, 0.3) is 0 Å². The monoisotopic (exact) mass is 759 g/mol. The topological polar surface area (TPSA) is 134 Å².